The molecule has 1 saturated carbocycles. The molecule has 1 aromatic carbocycles. The highest BCUT2D eigenvalue weighted by atomic mass is 35.5. The van der Waals surface area contributed by atoms with Crippen molar-refractivity contribution in [3.63, 3.8) is 0 Å². The van der Waals surface area contributed by atoms with Gasteiger partial charge in [0.1, 0.15) is 0 Å². The predicted octanol–water partition coefficient (Wildman–Crippen LogP) is 2.64. The Hall–Kier alpha value is -1.79. The lowest BCUT2D eigenvalue weighted by atomic mass is 9.85. The van der Waals surface area contributed by atoms with Gasteiger partial charge in [-0.15, -0.1) is 0 Å². The lowest BCUT2D eigenvalue weighted by molar-refractivity contribution is -0.139. The summed E-state index contributed by atoms with van der Waals surface area (Å²) < 4.78 is 0. The summed E-state index contributed by atoms with van der Waals surface area (Å²) >= 11 is 6.13. The molecule has 3 N–H and O–H groups in total. The highest BCUT2D eigenvalue weighted by Crippen LogP contribution is 2.26. The maximum Gasteiger partial charge on any atom is 0.317 e. The number of likely N-dealkylation sites (N-methyl/N-ethyl adjacent to an activating group) is 1. The fraction of sp³-hybridized carbons (Fsp3) is 0.529. The highest BCUT2D eigenvalue weighted by molar-refractivity contribution is 6.31. The maximum atomic E-state index is 12.1. The summed E-state index contributed by atoms with van der Waals surface area (Å²) in [6, 6.07) is 7.30. The molecule has 1 aromatic rings. The largest absolute Gasteiger partial charge is 0.480 e. The van der Waals surface area contributed by atoms with Gasteiger partial charge in [0.05, 0.1) is 12.6 Å². The number of carbonyl (C=O) groups excluding carboxylic acids is 1. The van der Waals surface area contributed by atoms with Gasteiger partial charge < -0.3 is 15.7 Å². The monoisotopic (exact) mass is 353 g/mol. The van der Waals surface area contributed by atoms with Crippen molar-refractivity contribution in [1.82, 2.24) is 15.5 Å². The molecule has 0 unspecified atom stereocenters. The quantitative estimate of drug-likeness (QED) is 0.703. The molecule has 0 radical (unpaired) electrons. The van der Waals surface area contributed by atoms with Crippen molar-refractivity contribution in [3.05, 3.63) is 34.9 Å². The SMILES string of the molecule is CCN(CC(=O)O)C1CC(NC(=O)N[C@@H](C)c2ccccc2Cl)C1. The molecule has 1 atom stereocenters. The fourth-order valence-corrected chi connectivity index (χ4v) is 3.30. The van der Waals surface area contributed by atoms with Crippen LogP contribution in [-0.4, -0.2) is 47.2 Å². The molecule has 0 aromatic heterocycles. The van der Waals surface area contributed by atoms with Crippen LogP contribution in [0.4, 0.5) is 4.79 Å². The number of halogens is 1. The first-order valence-electron chi connectivity index (χ1n) is 8.18. The van der Waals surface area contributed by atoms with Crippen LogP contribution in [0, 0.1) is 0 Å². The first-order valence-corrected chi connectivity index (χ1v) is 8.55. The van der Waals surface area contributed by atoms with E-state index in [2.05, 4.69) is 10.6 Å². The lowest BCUT2D eigenvalue weighted by Gasteiger charge is -2.42. The van der Waals surface area contributed by atoms with Crippen LogP contribution in [0.15, 0.2) is 24.3 Å². The Morgan fingerprint density at radius 2 is 2.04 bits per heavy atom. The van der Waals surface area contributed by atoms with E-state index in [0.29, 0.717) is 11.6 Å². The number of hydrogen-bond donors (Lipinski definition) is 3. The van der Waals surface area contributed by atoms with Gasteiger partial charge in [-0.1, -0.05) is 36.7 Å². The van der Waals surface area contributed by atoms with Crippen molar-refractivity contribution in [2.24, 2.45) is 0 Å². The van der Waals surface area contributed by atoms with Crippen molar-refractivity contribution >= 4 is 23.6 Å². The van der Waals surface area contributed by atoms with Crippen LogP contribution in [0.25, 0.3) is 0 Å². The van der Waals surface area contributed by atoms with Crippen LogP contribution in [-0.2, 0) is 4.79 Å². The summed E-state index contributed by atoms with van der Waals surface area (Å²) in [5.41, 5.74) is 0.874. The summed E-state index contributed by atoms with van der Waals surface area (Å²) in [4.78, 5) is 24.8. The van der Waals surface area contributed by atoms with E-state index in [1.807, 2.05) is 36.9 Å². The number of nitrogens with one attached hydrogen (secondary N) is 2. The van der Waals surface area contributed by atoms with Crippen molar-refractivity contribution in [1.29, 1.82) is 0 Å². The van der Waals surface area contributed by atoms with Gasteiger partial charge in [0.15, 0.2) is 0 Å². The third kappa shape index (κ3) is 4.85. The minimum atomic E-state index is -0.820. The van der Waals surface area contributed by atoms with Crippen molar-refractivity contribution in [2.45, 2.75) is 44.8 Å². The number of amides is 2. The molecule has 2 amide bonds. The van der Waals surface area contributed by atoms with Crippen LogP contribution in [0.2, 0.25) is 5.02 Å². The molecule has 2 rings (SSSR count). The normalized spacial score (nSPS) is 21.0. The van der Waals surface area contributed by atoms with E-state index in [4.69, 9.17) is 16.7 Å². The molecular weight excluding hydrogens is 330 g/mol. The van der Waals surface area contributed by atoms with Crippen LogP contribution in [0.5, 0.6) is 0 Å². The van der Waals surface area contributed by atoms with Crippen LogP contribution in [0.3, 0.4) is 0 Å². The molecule has 0 bridgehead atoms. The van der Waals surface area contributed by atoms with E-state index in [1.54, 1.807) is 6.07 Å². The third-order valence-corrected chi connectivity index (χ3v) is 4.77. The van der Waals surface area contributed by atoms with Gasteiger partial charge >= 0.3 is 12.0 Å². The van der Waals surface area contributed by atoms with Crippen molar-refractivity contribution in [3.8, 4) is 0 Å². The average Bonchev–Trinajstić information content (AvgIpc) is 2.48. The zero-order chi connectivity index (χ0) is 17.7. The molecule has 1 aliphatic carbocycles. The van der Waals surface area contributed by atoms with Gasteiger partial charge in [-0.05, 0) is 37.9 Å². The summed E-state index contributed by atoms with van der Waals surface area (Å²) in [5.74, 6) is -0.820. The Morgan fingerprint density at radius 3 is 2.62 bits per heavy atom. The van der Waals surface area contributed by atoms with E-state index < -0.39 is 5.97 Å². The molecule has 6 nitrogen and oxygen atoms in total. The molecule has 0 spiro atoms. The summed E-state index contributed by atoms with van der Waals surface area (Å²) in [6.07, 6.45) is 1.55. The fourth-order valence-electron chi connectivity index (χ4n) is 3.00. The number of carboxylic acid groups (broad SMARTS) is 1. The molecule has 132 valence electrons. The number of carboxylic acids is 1. The van der Waals surface area contributed by atoms with Crippen molar-refractivity contribution < 1.29 is 14.7 Å². The van der Waals surface area contributed by atoms with E-state index in [9.17, 15) is 9.59 Å². The first kappa shape index (κ1) is 18.5. The van der Waals surface area contributed by atoms with Gasteiger partial charge in [0.25, 0.3) is 0 Å². The van der Waals surface area contributed by atoms with E-state index in [-0.39, 0.29) is 30.7 Å². The number of benzene rings is 1. The second-order valence-corrected chi connectivity index (χ2v) is 6.55. The Bertz CT molecular complexity index is 590. The molecular formula is C17H24ClN3O3. The number of aliphatic carboxylic acids is 1. The average molecular weight is 354 g/mol. The van der Waals surface area contributed by atoms with Crippen LogP contribution in [0.1, 0.15) is 38.3 Å². The van der Waals surface area contributed by atoms with Crippen LogP contribution >= 0.6 is 11.6 Å². The van der Waals surface area contributed by atoms with E-state index in [0.717, 1.165) is 18.4 Å². The number of carbonyl (C=O) groups is 2. The Labute approximate surface area is 147 Å². The Morgan fingerprint density at radius 1 is 1.38 bits per heavy atom. The number of nitrogens with zero attached hydrogens (tertiary/aromatic N) is 1. The second kappa shape index (κ2) is 8.35. The third-order valence-electron chi connectivity index (χ3n) is 4.43. The summed E-state index contributed by atoms with van der Waals surface area (Å²) in [7, 11) is 0. The number of hydrogen-bond acceptors (Lipinski definition) is 3. The van der Waals surface area contributed by atoms with Gasteiger partial charge in [0, 0.05) is 17.1 Å². The topological polar surface area (TPSA) is 81.7 Å². The molecule has 7 heteroatoms. The zero-order valence-electron chi connectivity index (χ0n) is 14.0. The predicted molar refractivity (Wildman–Crippen MR) is 93.2 cm³/mol. The van der Waals surface area contributed by atoms with Crippen molar-refractivity contribution in [2.75, 3.05) is 13.1 Å². The minimum absolute atomic E-state index is 0.0453. The van der Waals surface area contributed by atoms with E-state index >= 15 is 0 Å². The molecule has 0 heterocycles. The summed E-state index contributed by atoms with van der Waals surface area (Å²) in [5, 5.41) is 15.3. The smallest absolute Gasteiger partial charge is 0.317 e. The highest BCUT2D eigenvalue weighted by Gasteiger charge is 2.34. The molecule has 24 heavy (non-hydrogen) atoms. The van der Waals surface area contributed by atoms with Crippen LogP contribution < -0.4 is 10.6 Å². The Kier molecular flexibility index (Phi) is 6.45. The number of urea groups is 1. The van der Waals surface area contributed by atoms with E-state index in [1.165, 1.54) is 0 Å². The lowest BCUT2D eigenvalue weighted by Crippen LogP contribution is -2.56. The Balaban J connectivity index is 1.76. The number of rotatable bonds is 7. The maximum absolute atomic E-state index is 12.1. The van der Waals surface area contributed by atoms with Gasteiger partial charge in [0.2, 0.25) is 0 Å². The standard InChI is InChI=1S/C17H24ClN3O3/c1-3-21(10-16(22)23)13-8-12(9-13)20-17(24)19-11(2)14-6-4-5-7-15(14)18/h4-7,11-13H,3,8-10H2,1-2H3,(H,22,23)(H2,19,20,24)/t11-,12?,13?/m0/s1. The first-order chi connectivity index (χ1) is 11.4. The van der Waals surface area contributed by atoms with Gasteiger partial charge in [-0.2, -0.15) is 0 Å². The molecule has 0 saturated heterocycles. The second-order valence-electron chi connectivity index (χ2n) is 6.14. The molecule has 1 aliphatic rings. The zero-order valence-corrected chi connectivity index (χ0v) is 14.7. The molecule has 1 fully saturated rings. The summed E-state index contributed by atoms with van der Waals surface area (Å²) in [6.45, 7) is 4.57. The van der Waals surface area contributed by atoms with Gasteiger partial charge in [-0.3, -0.25) is 9.69 Å². The molecule has 0 aliphatic heterocycles. The van der Waals surface area contributed by atoms with Gasteiger partial charge in [-0.25, -0.2) is 4.79 Å². The minimum Gasteiger partial charge on any atom is -0.480 e.